The average Bonchev–Trinajstić information content (AvgIpc) is 3.16. The summed E-state index contributed by atoms with van der Waals surface area (Å²) in [6, 6.07) is 11.1. The second-order valence-electron chi connectivity index (χ2n) is 4.85. The van der Waals surface area contributed by atoms with E-state index in [0.717, 1.165) is 22.8 Å². The minimum atomic E-state index is -0.197. The fourth-order valence-electron chi connectivity index (χ4n) is 2.55. The molecule has 5 nitrogen and oxygen atoms in total. The summed E-state index contributed by atoms with van der Waals surface area (Å²) in [7, 11) is 1.63. The fraction of sp³-hybridized carbons (Fsp3) is 0.250. The van der Waals surface area contributed by atoms with Gasteiger partial charge in [-0.1, -0.05) is 12.1 Å². The highest BCUT2D eigenvalue weighted by atomic mass is 16.5. The second kappa shape index (κ2) is 5.44. The van der Waals surface area contributed by atoms with Crippen LogP contribution in [0, 0.1) is 0 Å². The van der Waals surface area contributed by atoms with Crippen LogP contribution in [0.15, 0.2) is 52.2 Å². The first kappa shape index (κ1) is 13.4. The third kappa shape index (κ3) is 2.42. The molecule has 0 saturated heterocycles. The molecule has 0 N–H and O–H groups in total. The molecule has 2 heterocycles. The number of hydrazone groups is 1. The van der Waals surface area contributed by atoms with Gasteiger partial charge in [0.05, 0.1) is 19.1 Å². The molecule has 0 aliphatic carbocycles. The van der Waals surface area contributed by atoms with E-state index < -0.39 is 0 Å². The van der Waals surface area contributed by atoms with E-state index in [1.54, 1.807) is 13.4 Å². The molecule has 108 valence electrons. The van der Waals surface area contributed by atoms with Crippen molar-refractivity contribution in [2.45, 2.75) is 19.4 Å². The lowest BCUT2D eigenvalue weighted by atomic mass is 10.0. The topological polar surface area (TPSA) is 55.0 Å². The summed E-state index contributed by atoms with van der Waals surface area (Å²) in [5.41, 5.74) is 1.73. The number of hydrogen-bond acceptors (Lipinski definition) is 4. The van der Waals surface area contributed by atoms with Crippen LogP contribution in [0.2, 0.25) is 0 Å². The van der Waals surface area contributed by atoms with Crippen LogP contribution in [0.4, 0.5) is 0 Å². The number of furan rings is 1. The molecule has 21 heavy (non-hydrogen) atoms. The lowest BCUT2D eigenvalue weighted by Gasteiger charge is -2.17. The van der Waals surface area contributed by atoms with Crippen molar-refractivity contribution in [1.29, 1.82) is 0 Å². The van der Waals surface area contributed by atoms with Crippen molar-refractivity contribution >= 4 is 11.6 Å². The maximum atomic E-state index is 11.8. The van der Waals surface area contributed by atoms with E-state index in [-0.39, 0.29) is 11.9 Å². The van der Waals surface area contributed by atoms with Gasteiger partial charge < -0.3 is 9.15 Å². The number of carbonyl (C=O) groups is 1. The first-order valence-electron chi connectivity index (χ1n) is 6.74. The van der Waals surface area contributed by atoms with Crippen LogP contribution < -0.4 is 4.74 Å². The molecule has 3 rings (SSSR count). The minimum Gasteiger partial charge on any atom is -0.496 e. The number of rotatable bonds is 3. The van der Waals surface area contributed by atoms with E-state index in [9.17, 15) is 4.79 Å². The molecule has 1 aliphatic heterocycles. The van der Waals surface area contributed by atoms with Crippen LogP contribution in [0.3, 0.4) is 0 Å². The predicted molar refractivity (Wildman–Crippen MR) is 78.1 cm³/mol. The van der Waals surface area contributed by atoms with Gasteiger partial charge in [0.25, 0.3) is 0 Å². The number of ether oxygens (including phenoxy) is 1. The highest BCUT2D eigenvalue weighted by Gasteiger charge is 2.33. The van der Waals surface area contributed by atoms with Gasteiger partial charge in [0.2, 0.25) is 5.91 Å². The van der Waals surface area contributed by atoms with Crippen molar-refractivity contribution in [2.24, 2.45) is 5.10 Å². The van der Waals surface area contributed by atoms with Crippen LogP contribution in [0.5, 0.6) is 5.75 Å². The van der Waals surface area contributed by atoms with Gasteiger partial charge in [-0.15, -0.1) is 0 Å². The number of hydrogen-bond donors (Lipinski definition) is 0. The average molecular weight is 284 g/mol. The van der Waals surface area contributed by atoms with Crippen molar-refractivity contribution < 1.29 is 13.9 Å². The lowest BCUT2D eigenvalue weighted by molar-refractivity contribution is -0.130. The quantitative estimate of drug-likeness (QED) is 0.870. The molecule has 5 heteroatoms. The van der Waals surface area contributed by atoms with Crippen molar-refractivity contribution in [3.05, 3.63) is 54.0 Å². The Bertz CT molecular complexity index is 677. The Morgan fingerprint density at radius 1 is 1.33 bits per heavy atom. The molecule has 1 aromatic heterocycles. The Morgan fingerprint density at radius 3 is 2.81 bits per heavy atom. The van der Waals surface area contributed by atoms with Gasteiger partial charge in [0, 0.05) is 18.9 Å². The molecule has 1 atom stereocenters. The van der Waals surface area contributed by atoms with Gasteiger partial charge in [0.15, 0.2) is 0 Å². The standard InChI is InChI=1S/C16H16N2O3/c1-11(19)18-14(16-8-5-9-21-16)10-13(17-18)12-6-3-4-7-15(12)20-2/h3-9,14H,10H2,1-2H3/t14-/m0/s1. The molecular formula is C16H16N2O3. The monoisotopic (exact) mass is 284 g/mol. The summed E-state index contributed by atoms with van der Waals surface area (Å²) in [6.45, 7) is 1.50. The molecule has 2 aromatic rings. The summed E-state index contributed by atoms with van der Waals surface area (Å²) < 4.78 is 10.8. The zero-order chi connectivity index (χ0) is 14.8. The van der Waals surface area contributed by atoms with E-state index in [1.807, 2.05) is 36.4 Å². The van der Waals surface area contributed by atoms with E-state index in [4.69, 9.17) is 9.15 Å². The lowest BCUT2D eigenvalue weighted by Crippen LogP contribution is -2.23. The molecule has 0 saturated carbocycles. The third-order valence-electron chi connectivity index (χ3n) is 3.52. The SMILES string of the molecule is COc1ccccc1C1=NN(C(C)=O)[C@H](c2ccco2)C1. The maximum Gasteiger partial charge on any atom is 0.240 e. The highest BCUT2D eigenvalue weighted by molar-refractivity contribution is 6.05. The Labute approximate surface area is 122 Å². The van der Waals surface area contributed by atoms with Gasteiger partial charge in [-0.25, -0.2) is 5.01 Å². The third-order valence-corrected chi connectivity index (χ3v) is 3.52. The zero-order valence-corrected chi connectivity index (χ0v) is 11.9. The first-order valence-corrected chi connectivity index (χ1v) is 6.74. The second-order valence-corrected chi connectivity index (χ2v) is 4.85. The molecule has 0 unspecified atom stereocenters. The van der Waals surface area contributed by atoms with Crippen LogP contribution in [0.25, 0.3) is 0 Å². The number of nitrogens with zero attached hydrogens (tertiary/aromatic N) is 2. The molecule has 1 aromatic carbocycles. The number of para-hydroxylation sites is 1. The largest absolute Gasteiger partial charge is 0.496 e. The molecule has 1 aliphatic rings. The smallest absolute Gasteiger partial charge is 0.240 e. The first-order chi connectivity index (χ1) is 10.2. The van der Waals surface area contributed by atoms with Gasteiger partial charge in [0.1, 0.15) is 17.6 Å². The minimum absolute atomic E-state index is 0.110. The Morgan fingerprint density at radius 2 is 2.14 bits per heavy atom. The van der Waals surface area contributed by atoms with E-state index in [1.165, 1.54) is 11.9 Å². The summed E-state index contributed by atoms with van der Waals surface area (Å²) >= 11 is 0. The van der Waals surface area contributed by atoms with E-state index >= 15 is 0 Å². The summed E-state index contributed by atoms with van der Waals surface area (Å²) in [5, 5.41) is 5.94. The Kier molecular flexibility index (Phi) is 3.48. The molecular weight excluding hydrogens is 268 g/mol. The van der Waals surface area contributed by atoms with Crippen LogP contribution in [-0.2, 0) is 4.79 Å². The highest BCUT2D eigenvalue weighted by Crippen LogP contribution is 2.34. The summed E-state index contributed by atoms with van der Waals surface area (Å²) in [6.07, 6.45) is 2.21. The van der Waals surface area contributed by atoms with Gasteiger partial charge >= 0.3 is 0 Å². The van der Waals surface area contributed by atoms with Crippen LogP contribution >= 0.6 is 0 Å². The van der Waals surface area contributed by atoms with Crippen molar-refractivity contribution in [2.75, 3.05) is 7.11 Å². The van der Waals surface area contributed by atoms with Crippen molar-refractivity contribution in [3.8, 4) is 5.75 Å². The normalized spacial score (nSPS) is 17.7. The van der Waals surface area contributed by atoms with Gasteiger partial charge in [-0.2, -0.15) is 5.10 Å². The molecule has 0 radical (unpaired) electrons. The fourth-order valence-corrected chi connectivity index (χ4v) is 2.55. The van der Waals surface area contributed by atoms with Crippen LogP contribution in [0.1, 0.15) is 30.7 Å². The maximum absolute atomic E-state index is 11.8. The predicted octanol–water partition coefficient (Wildman–Crippen LogP) is 2.99. The van der Waals surface area contributed by atoms with Gasteiger partial charge in [-0.05, 0) is 24.3 Å². The van der Waals surface area contributed by atoms with Crippen LogP contribution in [-0.4, -0.2) is 23.7 Å². The van der Waals surface area contributed by atoms with Gasteiger partial charge in [-0.3, -0.25) is 4.79 Å². The molecule has 0 fully saturated rings. The molecule has 1 amide bonds. The summed E-state index contributed by atoms with van der Waals surface area (Å²) in [4.78, 5) is 11.8. The van der Waals surface area contributed by atoms with Crippen molar-refractivity contribution in [3.63, 3.8) is 0 Å². The zero-order valence-electron chi connectivity index (χ0n) is 11.9. The van der Waals surface area contributed by atoms with E-state index in [2.05, 4.69) is 5.10 Å². The van der Waals surface area contributed by atoms with E-state index in [0.29, 0.717) is 6.42 Å². The molecule has 0 bridgehead atoms. The number of benzene rings is 1. The Balaban J connectivity index is 1.98. The number of amides is 1. The Hall–Kier alpha value is -2.56. The summed E-state index contributed by atoms with van der Waals surface area (Å²) in [5.74, 6) is 1.37. The molecule has 0 spiro atoms. The number of methoxy groups -OCH3 is 1. The van der Waals surface area contributed by atoms with Crippen molar-refractivity contribution in [1.82, 2.24) is 5.01 Å². The number of carbonyl (C=O) groups excluding carboxylic acids is 1.